The first-order valence-electron chi connectivity index (χ1n) is 6.96. The Kier molecular flexibility index (Phi) is 5.46. The molecule has 0 aliphatic carbocycles. The van der Waals surface area contributed by atoms with Gasteiger partial charge in [0.1, 0.15) is 12.4 Å². The molecule has 1 N–H and O–H groups in total. The molecule has 0 heterocycles. The molecule has 8 heteroatoms. The smallest absolute Gasteiger partial charge is 0.245 e. The van der Waals surface area contributed by atoms with E-state index in [0.717, 1.165) is 16.1 Å². The predicted molar refractivity (Wildman–Crippen MR) is 93.4 cm³/mol. The number of nitrogens with one attached hydrogen (secondary N) is 1. The molecule has 0 saturated heterocycles. The van der Waals surface area contributed by atoms with E-state index in [1.807, 2.05) is 0 Å². The van der Waals surface area contributed by atoms with Crippen molar-refractivity contribution in [2.45, 2.75) is 6.92 Å². The minimum atomic E-state index is -3.69. The van der Waals surface area contributed by atoms with Crippen molar-refractivity contribution >= 4 is 38.9 Å². The highest BCUT2D eigenvalue weighted by atomic mass is 35.5. The third-order valence-corrected chi connectivity index (χ3v) is 4.81. The molecule has 2 aromatic carbocycles. The number of hydrogen-bond donors (Lipinski definition) is 1. The lowest BCUT2D eigenvalue weighted by Gasteiger charge is -2.22. The Hall–Kier alpha value is -2.12. The second-order valence-electron chi connectivity index (χ2n) is 5.26. The van der Waals surface area contributed by atoms with Crippen molar-refractivity contribution in [2.75, 3.05) is 22.4 Å². The Labute approximate surface area is 145 Å². The van der Waals surface area contributed by atoms with E-state index in [1.54, 1.807) is 19.1 Å². The highest BCUT2D eigenvalue weighted by Crippen LogP contribution is 2.24. The number of anilines is 2. The summed E-state index contributed by atoms with van der Waals surface area (Å²) < 4.78 is 37.9. The first kappa shape index (κ1) is 18.2. The summed E-state index contributed by atoms with van der Waals surface area (Å²) in [5, 5.41) is 2.93. The molecule has 0 saturated carbocycles. The molecule has 1 amide bonds. The lowest BCUT2D eigenvalue weighted by molar-refractivity contribution is -0.114. The van der Waals surface area contributed by atoms with Crippen molar-refractivity contribution in [1.82, 2.24) is 0 Å². The molecule has 0 aliphatic rings. The lowest BCUT2D eigenvalue weighted by atomic mass is 10.2. The summed E-state index contributed by atoms with van der Waals surface area (Å²) >= 11 is 6.03. The molecule has 0 fully saturated rings. The number of aryl methyl sites for hydroxylation is 1. The molecule has 0 bridgehead atoms. The molecule has 0 aliphatic heterocycles. The Morgan fingerprint density at radius 2 is 1.83 bits per heavy atom. The maximum atomic E-state index is 12.9. The van der Waals surface area contributed by atoms with E-state index in [-0.39, 0.29) is 0 Å². The molecule has 0 aromatic heterocycles. The number of carbonyl (C=O) groups is 1. The van der Waals surface area contributed by atoms with Crippen molar-refractivity contribution in [2.24, 2.45) is 0 Å². The van der Waals surface area contributed by atoms with Gasteiger partial charge in [0.15, 0.2) is 0 Å². The van der Waals surface area contributed by atoms with Crippen molar-refractivity contribution in [1.29, 1.82) is 0 Å². The zero-order chi connectivity index (χ0) is 17.9. The molecule has 0 radical (unpaired) electrons. The summed E-state index contributed by atoms with van der Waals surface area (Å²) in [6.45, 7) is 1.37. The molecule has 2 rings (SSSR count). The number of hydrogen-bond acceptors (Lipinski definition) is 3. The van der Waals surface area contributed by atoms with E-state index in [4.69, 9.17) is 11.6 Å². The Morgan fingerprint density at radius 3 is 2.38 bits per heavy atom. The van der Waals surface area contributed by atoms with Gasteiger partial charge >= 0.3 is 0 Å². The van der Waals surface area contributed by atoms with Gasteiger partial charge in [-0.15, -0.1) is 0 Å². The van der Waals surface area contributed by atoms with Crippen LogP contribution in [0.4, 0.5) is 15.8 Å². The molecular weight excluding hydrogens is 355 g/mol. The van der Waals surface area contributed by atoms with Crippen LogP contribution in [0.15, 0.2) is 42.5 Å². The summed E-state index contributed by atoms with van der Waals surface area (Å²) in [6, 6.07) is 9.92. The third kappa shape index (κ3) is 4.69. The minimum Gasteiger partial charge on any atom is -0.325 e. The molecule has 0 atom stereocenters. The Bertz CT molecular complexity index is 854. The van der Waals surface area contributed by atoms with Crippen LogP contribution in [-0.2, 0) is 14.8 Å². The number of benzene rings is 2. The molecule has 24 heavy (non-hydrogen) atoms. The Morgan fingerprint density at radius 1 is 1.21 bits per heavy atom. The normalized spacial score (nSPS) is 11.2. The van der Waals surface area contributed by atoms with Crippen LogP contribution in [0.25, 0.3) is 0 Å². The number of halogens is 2. The predicted octanol–water partition coefficient (Wildman–Crippen LogP) is 3.19. The molecule has 128 valence electrons. The van der Waals surface area contributed by atoms with Crippen LogP contribution in [-0.4, -0.2) is 27.1 Å². The summed E-state index contributed by atoms with van der Waals surface area (Å²) in [6.07, 6.45) is 1.01. The van der Waals surface area contributed by atoms with Crippen molar-refractivity contribution in [3.05, 3.63) is 58.9 Å². The zero-order valence-electron chi connectivity index (χ0n) is 13.1. The van der Waals surface area contributed by atoms with Gasteiger partial charge in [0.05, 0.1) is 11.9 Å². The van der Waals surface area contributed by atoms with Crippen LogP contribution < -0.4 is 9.62 Å². The van der Waals surface area contributed by atoms with Gasteiger partial charge in [-0.05, 0) is 48.9 Å². The van der Waals surface area contributed by atoms with E-state index in [2.05, 4.69) is 5.32 Å². The fourth-order valence-electron chi connectivity index (χ4n) is 2.00. The SMILES string of the molecule is Cc1ccc(N(CC(=O)Nc2ccc(F)cc2)S(C)(=O)=O)cc1Cl. The number of amides is 1. The maximum Gasteiger partial charge on any atom is 0.245 e. The number of sulfonamides is 1. The lowest BCUT2D eigenvalue weighted by Crippen LogP contribution is -2.37. The summed E-state index contributed by atoms with van der Waals surface area (Å²) in [7, 11) is -3.69. The highest BCUT2D eigenvalue weighted by Gasteiger charge is 2.21. The van der Waals surface area contributed by atoms with Gasteiger partial charge in [-0.3, -0.25) is 9.10 Å². The molecule has 0 spiro atoms. The van der Waals surface area contributed by atoms with Crippen LogP contribution >= 0.6 is 11.6 Å². The van der Waals surface area contributed by atoms with Gasteiger partial charge < -0.3 is 5.32 Å². The molecule has 0 unspecified atom stereocenters. The van der Waals surface area contributed by atoms with Crippen LogP contribution in [0, 0.1) is 12.7 Å². The molecule has 2 aromatic rings. The second kappa shape index (κ2) is 7.19. The summed E-state index contributed by atoms with van der Waals surface area (Å²) in [4.78, 5) is 12.1. The molecular formula is C16H16ClFN2O3S. The number of nitrogens with zero attached hydrogens (tertiary/aromatic N) is 1. The fraction of sp³-hybridized carbons (Fsp3) is 0.188. The molecule has 5 nitrogen and oxygen atoms in total. The van der Waals surface area contributed by atoms with Crippen molar-refractivity contribution in [3.63, 3.8) is 0 Å². The van der Waals surface area contributed by atoms with Crippen molar-refractivity contribution < 1.29 is 17.6 Å². The van der Waals surface area contributed by atoms with E-state index >= 15 is 0 Å². The Balaban J connectivity index is 2.21. The number of carbonyl (C=O) groups excluding carboxylic acids is 1. The van der Waals surface area contributed by atoms with Crippen molar-refractivity contribution in [3.8, 4) is 0 Å². The topological polar surface area (TPSA) is 66.5 Å². The standard InChI is InChI=1S/C16H16ClFN2O3S/c1-11-3-8-14(9-15(11)17)20(24(2,22)23)10-16(21)19-13-6-4-12(18)5-7-13/h3-9H,10H2,1-2H3,(H,19,21). The van der Waals surface area contributed by atoms with Crippen LogP contribution in [0.5, 0.6) is 0 Å². The maximum absolute atomic E-state index is 12.9. The van der Waals surface area contributed by atoms with Gasteiger partial charge in [-0.25, -0.2) is 12.8 Å². The fourth-order valence-corrected chi connectivity index (χ4v) is 3.02. The third-order valence-electron chi connectivity index (χ3n) is 3.26. The van der Waals surface area contributed by atoms with Gasteiger partial charge in [0, 0.05) is 10.7 Å². The van der Waals surface area contributed by atoms with Gasteiger partial charge in [0.2, 0.25) is 15.9 Å². The van der Waals surface area contributed by atoms with E-state index in [0.29, 0.717) is 16.4 Å². The monoisotopic (exact) mass is 370 g/mol. The van der Waals surface area contributed by atoms with E-state index in [1.165, 1.54) is 30.3 Å². The quantitative estimate of drug-likeness (QED) is 0.878. The summed E-state index contributed by atoms with van der Waals surface area (Å²) in [5.41, 5.74) is 1.46. The van der Waals surface area contributed by atoms with Crippen LogP contribution in [0.2, 0.25) is 5.02 Å². The first-order valence-corrected chi connectivity index (χ1v) is 9.19. The van der Waals surface area contributed by atoms with Crippen LogP contribution in [0.1, 0.15) is 5.56 Å². The average molecular weight is 371 g/mol. The van der Waals surface area contributed by atoms with E-state index in [9.17, 15) is 17.6 Å². The second-order valence-corrected chi connectivity index (χ2v) is 7.57. The highest BCUT2D eigenvalue weighted by molar-refractivity contribution is 7.92. The zero-order valence-corrected chi connectivity index (χ0v) is 14.7. The largest absolute Gasteiger partial charge is 0.325 e. The first-order chi connectivity index (χ1) is 11.2. The van der Waals surface area contributed by atoms with Gasteiger partial charge in [-0.1, -0.05) is 17.7 Å². The van der Waals surface area contributed by atoms with E-state index < -0.39 is 28.3 Å². The minimum absolute atomic E-state index is 0.294. The van der Waals surface area contributed by atoms with Crippen LogP contribution in [0.3, 0.4) is 0 Å². The number of rotatable bonds is 5. The summed E-state index contributed by atoms with van der Waals surface area (Å²) in [5.74, 6) is -0.983. The van der Waals surface area contributed by atoms with Gasteiger partial charge in [0.25, 0.3) is 0 Å². The average Bonchev–Trinajstić information content (AvgIpc) is 2.49. The van der Waals surface area contributed by atoms with Gasteiger partial charge in [-0.2, -0.15) is 0 Å².